The van der Waals surface area contributed by atoms with Gasteiger partial charge in [-0.25, -0.2) is 4.98 Å². The quantitative estimate of drug-likeness (QED) is 0.725. The van der Waals surface area contributed by atoms with E-state index in [2.05, 4.69) is 4.98 Å². The lowest BCUT2D eigenvalue weighted by atomic mass is 10.1. The summed E-state index contributed by atoms with van der Waals surface area (Å²) in [6.07, 6.45) is -4.90. The van der Waals surface area contributed by atoms with Gasteiger partial charge in [0.15, 0.2) is 0 Å². The number of nitrogens with zero attached hydrogens (tertiary/aromatic N) is 1. The van der Waals surface area contributed by atoms with Crippen molar-refractivity contribution in [2.45, 2.75) is 6.18 Å². The van der Waals surface area contributed by atoms with Gasteiger partial charge in [0, 0.05) is 22.2 Å². The first-order chi connectivity index (χ1) is 11.4. The topological polar surface area (TPSA) is 42.0 Å². The smallest absolute Gasteiger partial charge is 0.318 e. The molecule has 3 nitrogen and oxygen atoms in total. The Labute approximate surface area is 139 Å². The second kappa shape index (κ2) is 6.45. The summed E-state index contributed by atoms with van der Waals surface area (Å²) in [5.41, 5.74) is 2.58. The van der Waals surface area contributed by atoms with Crippen LogP contribution >= 0.6 is 11.3 Å². The normalized spacial score (nSPS) is 11.3. The third-order valence-corrected chi connectivity index (χ3v) is 4.11. The molecule has 0 fully saturated rings. The van der Waals surface area contributed by atoms with E-state index >= 15 is 0 Å². The van der Waals surface area contributed by atoms with Crippen LogP contribution in [0.2, 0.25) is 0 Å². The van der Waals surface area contributed by atoms with Crippen molar-refractivity contribution in [2.75, 3.05) is 5.32 Å². The molecule has 24 heavy (non-hydrogen) atoms. The predicted molar refractivity (Wildman–Crippen MR) is 87.7 cm³/mol. The number of amides is 1. The first-order valence-corrected chi connectivity index (χ1v) is 7.81. The van der Waals surface area contributed by atoms with Gasteiger partial charge in [0.1, 0.15) is 5.01 Å². The van der Waals surface area contributed by atoms with Gasteiger partial charge in [0.05, 0.1) is 5.69 Å². The van der Waals surface area contributed by atoms with Crippen molar-refractivity contribution in [2.24, 2.45) is 0 Å². The molecule has 122 valence electrons. The zero-order chi connectivity index (χ0) is 17.2. The fourth-order valence-corrected chi connectivity index (χ4v) is 2.88. The van der Waals surface area contributed by atoms with Crippen molar-refractivity contribution in [1.29, 1.82) is 0 Å². The minimum absolute atomic E-state index is 0.0830. The van der Waals surface area contributed by atoms with Crippen LogP contribution < -0.4 is 5.32 Å². The molecule has 0 saturated heterocycles. The van der Waals surface area contributed by atoms with Crippen LogP contribution in [0.5, 0.6) is 0 Å². The number of carbonyl (C=O) groups is 1. The summed E-state index contributed by atoms with van der Waals surface area (Å²) in [6.45, 7) is 0. The van der Waals surface area contributed by atoms with Gasteiger partial charge in [-0.15, -0.1) is 11.3 Å². The molecule has 0 unspecified atom stereocenters. The van der Waals surface area contributed by atoms with E-state index in [1.807, 2.05) is 41.0 Å². The van der Waals surface area contributed by atoms with Gasteiger partial charge >= 0.3 is 12.1 Å². The maximum atomic E-state index is 12.2. The van der Waals surface area contributed by atoms with E-state index in [-0.39, 0.29) is 5.69 Å². The van der Waals surface area contributed by atoms with Crippen LogP contribution in [0.15, 0.2) is 60.0 Å². The molecular weight excluding hydrogens is 337 g/mol. The molecule has 0 aliphatic heterocycles. The molecule has 7 heteroatoms. The molecule has 1 aromatic heterocycles. The molecular formula is C17H11F3N2OS. The number of rotatable bonds is 3. The molecule has 1 amide bonds. The highest BCUT2D eigenvalue weighted by molar-refractivity contribution is 7.13. The Bertz CT molecular complexity index is 842. The van der Waals surface area contributed by atoms with Crippen molar-refractivity contribution in [1.82, 2.24) is 4.98 Å². The Morgan fingerprint density at radius 3 is 2.25 bits per heavy atom. The maximum absolute atomic E-state index is 12.2. The molecule has 0 spiro atoms. The molecule has 0 bridgehead atoms. The van der Waals surface area contributed by atoms with Crippen molar-refractivity contribution in [3.05, 3.63) is 60.0 Å². The number of anilines is 1. The molecule has 1 N–H and O–H groups in total. The molecule has 0 saturated carbocycles. The van der Waals surface area contributed by atoms with Crippen LogP contribution in [-0.2, 0) is 4.79 Å². The van der Waals surface area contributed by atoms with Crippen molar-refractivity contribution in [3.8, 4) is 21.8 Å². The standard InChI is InChI=1S/C17H11F3N2OS/c18-17(19,20)16(23)21-13-8-6-11(7-9-13)14-10-24-15(22-14)12-4-2-1-3-5-12/h1-10H,(H,21,23). The van der Waals surface area contributed by atoms with Gasteiger partial charge in [0.2, 0.25) is 0 Å². The monoisotopic (exact) mass is 348 g/mol. The van der Waals surface area contributed by atoms with Crippen LogP contribution in [0.3, 0.4) is 0 Å². The summed E-state index contributed by atoms with van der Waals surface area (Å²) < 4.78 is 36.7. The Balaban J connectivity index is 1.77. The summed E-state index contributed by atoms with van der Waals surface area (Å²) in [5, 5.41) is 4.55. The van der Waals surface area contributed by atoms with Crippen LogP contribution in [0.4, 0.5) is 18.9 Å². The van der Waals surface area contributed by atoms with Gasteiger partial charge in [-0.1, -0.05) is 42.5 Å². The number of hydrogen-bond acceptors (Lipinski definition) is 3. The summed E-state index contributed by atoms with van der Waals surface area (Å²) in [6, 6.07) is 15.8. The van der Waals surface area contributed by atoms with Crippen LogP contribution in [0, 0.1) is 0 Å². The van der Waals surface area contributed by atoms with E-state index in [4.69, 9.17) is 0 Å². The predicted octanol–water partition coefficient (Wildman–Crippen LogP) is 4.98. The molecule has 0 aliphatic rings. The van der Waals surface area contributed by atoms with E-state index < -0.39 is 12.1 Å². The SMILES string of the molecule is O=C(Nc1ccc(-c2csc(-c3ccccc3)n2)cc1)C(F)(F)F. The van der Waals surface area contributed by atoms with Crippen molar-refractivity contribution in [3.63, 3.8) is 0 Å². The van der Waals surface area contributed by atoms with E-state index in [9.17, 15) is 18.0 Å². The molecule has 1 heterocycles. The second-order valence-electron chi connectivity index (χ2n) is 4.93. The average molecular weight is 348 g/mol. The number of aromatic nitrogens is 1. The van der Waals surface area contributed by atoms with Gasteiger partial charge in [0.25, 0.3) is 0 Å². The van der Waals surface area contributed by atoms with Crippen molar-refractivity contribution < 1.29 is 18.0 Å². The van der Waals surface area contributed by atoms with E-state index in [0.717, 1.165) is 21.8 Å². The first kappa shape index (κ1) is 16.2. The number of thiazole rings is 1. The number of nitrogens with one attached hydrogen (secondary N) is 1. The third-order valence-electron chi connectivity index (χ3n) is 3.22. The Morgan fingerprint density at radius 1 is 0.958 bits per heavy atom. The van der Waals surface area contributed by atoms with Gasteiger partial charge in [-0.2, -0.15) is 13.2 Å². The van der Waals surface area contributed by atoms with Gasteiger partial charge in [-0.05, 0) is 12.1 Å². The zero-order valence-corrected chi connectivity index (χ0v) is 13.0. The largest absolute Gasteiger partial charge is 0.471 e. The minimum atomic E-state index is -4.90. The maximum Gasteiger partial charge on any atom is 0.471 e. The molecule has 3 rings (SSSR count). The fourth-order valence-electron chi connectivity index (χ4n) is 2.05. The van der Waals surface area contributed by atoms with E-state index in [0.29, 0.717) is 0 Å². The highest BCUT2D eigenvalue weighted by atomic mass is 32.1. The lowest BCUT2D eigenvalue weighted by molar-refractivity contribution is -0.167. The highest BCUT2D eigenvalue weighted by Crippen LogP contribution is 2.29. The number of alkyl halides is 3. The van der Waals surface area contributed by atoms with Gasteiger partial charge in [-0.3, -0.25) is 4.79 Å². The molecule has 0 atom stereocenters. The lowest BCUT2D eigenvalue weighted by Gasteiger charge is -2.08. The zero-order valence-electron chi connectivity index (χ0n) is 12.2. The molecule has 3 aromatic rings. The van der Waals surface area contributed by atoms with Gasteiger partial charge < -0.3 is 5.32 Å². The van der Waals surface area contributed by atoms with Crippen LogP contribution in [0.1, 0.15) is 0 Å². The van der Waals surface area contributed by atoms with Crippen LogP contribution in [0.25, 0.3) is 21.8 Å². The number of halogens is 3. The Morgan fingerprint density at radius 2 is 1.62 bits per heavy atom. The Hall–Kier alpha value is -2.67. The third kappa shape index (κ3) is 3.62. The Kier molecular flexibility index (Phi) is 4.35. The van der Waals surface area contributed by atoms with Crippen LogP contribution in [-0.4, -0.2) is 17.1 Å². The summed E-state index contributed by atoms with van der Waals surface area (Å²) in [4.78, 5) is 15.4. The number of hydrogen-bond donors (Lipinski definition) is 1. The lowest BCUT2D eigenvalue weighted by Crippen LogP contribution is -2.29. The molecule has 2 aromatic carbocycles. The highest BCUT2D eigenvalue weighted by Gasteiger charge is 2.38. The number of benzene rings is 2. The van der Waals surface area contributed by atoms with E-state index in [1.165, 1.54) is 23.5 Å². The molecule has 0 aliphatic carbocycles. The molecule has 0 radical (unpaired) electrons. The summed E-state index contributed by atoms with van der Waals surface area (Å²) >= 11 is 1.49. The minimum Gasteiger partial charge on any atom is -0.318 e. The van der Waals surface area contributed by atoms with Crippen molar-refractivity contribution >= 4 is 22.9 Å². The second-order valence-corrected chi connectivity index (χ2v) is 5.79. The summed E-state index contributed by atoms with van der Waals surface area (Å²) in [7, 11) is 0. The average Bonchev–Trinajstić information content (AvgIpc) is 3.05. The number of carbonyl (C=O) groups excluding carboxylic acids is 1. The summed E-state index contributed by atoms with van der Waals surface area (Å²) in [5.74, 6) is -1.99. The fraction of sp³-hybridized carbons (Fsp3) is 0.0588. The van der Waals surface area contributed by atoms with E-state index in [1.54, 1.807) is 12.1 Å². The first-order valence-electron chi connectivity index (χ1n) is 6.93.